The zero-order valence-corrected chi connectivity index (χ0v) is 6.44. The summed E-state index contributed by atoms with van der Waals surface area (Å²) in [7, 11) is 0. The van der Waals surface area contributed by atoms with Gasteiger partial charge in [0.25, 0.3) is 0 Å². The summed E-state index contributed by atoms with van der Waals surface area (Å²) in [6, 6.07) is 2.01. The molecule has 0 saturated carbocycles. The van der Waals surface area contributed by atoms with Gasteiger partial charge in [-0.2, -0.15) is 0 Å². The van der Waals surface area contributed by atoms with Crippen molar-refractivity contribution in [3.63, 3.8) is 0 Å². The minimum absolute atomic E-state index is 0.968. The molecule has 0 aliphatic rings. The Morgan fingerprint density at radius 1 is 1.44 bits per heavy atom. The van der Waals surface area contributed by atoms with Crippen LogP contribution in [0.2, 0.25) is 0 Å². The smallest absolute Gasteiger partial charge is 0.0505 e. The van der Waals surface area contributed by atoms with Crippen LogP contribution in [-0.2, 0) is 0 Å². The first-order valence-corrected chi connectivity index (χ1v) is 3.27. The van der Waals surface area contributed by atoms with Crippen molar-refractivity contribution in [2.24, 2.45) is 0 Å². The second-order valence-corrected chi connectivity index (χ2v) is 2.60. The maximum absolute atomic E-state index is 4.21. The number of pyridine rings is 1. The Morgan fingerprint density at radius 2 is 2.11 bits per heavy atom. The molecule has 0 spiro atoms. The molecule has 1 aromatic heterocycles. The highest BCUT2D eigenvalue weighted by Gasteiger charge is 1.91. The van der Waals surface area contributed by atoms with Crippen LogP contribution in [0.3, 0.4) is 0 Å². The zero-order valence-electron chi connectivity index (χ0n) is 5.55. The molecule has 0 aromatic carbocycles. The van der Waals surface area contributed by atoms with E-state index >= 15 is 0 Å². The quantitative estimate of drug-likeness (QED) is 0.542. The molecule has 0 amide bonds. The third-order valence-electron chi connectivity index (χ3n) is 1.20. The van der Waals surface area contributed by atoms with Gasteiger partial charge in [-0.05, 0) is 25.5 Å². The Bertz CT molecular complexity index is 220. The lowest BCUT2D eigenvalue weighted by Gasteiger charge is -1.96. The fourth-order valence-corrected chi connectivity index (χ4v) is 0.884. The number of aryl methyl sites for hydroxylation is 2. The Labute approximate surface area is 60.5 Å². The Morgan fingerprint density at radius 3 is 2.56 bits per heavy atom. The average molecular weight is 139 g/mol. The molecule has 2 heteroatoms. The molecule has 1 nitrogen and oxygen atoms in total. The normalized spacial score (nSPS) is 9.67. The number of rotatable bonds is 0. The number of aromatic nitrogens is 1. The molecule has 9 heavy (non-hydrogen) atoms. The molecule has 0 unspecified atom stereocenters. The summed E-state index contributed by atoms with van der Waals surface area (Å²) in [5.41, 5.74) is 2.15. The van der Waals surface area contributed by atoms with Gasteiger partial charge in [0.05, 0.1) is 5.69 Å². The van der Waals surface area contributed by atoms with Crippen molar-refractivity contribution in [3.05, 3.63) is 23.5 Å². The molecule has 1 aromatic rings. The molecular weight excluding hydrogens is 130 g/mol. The monoisotopic (exact) mass is 139 g/mol. The summed E-state index contributed by atoms with van der Waals surface area (Å²) in [6.07, 6.45) is 1.84. The van der Waals surface area contributed by atoms with E-state index in [1.165, 1.54) is 0 Å². The molecule has 1 heterocycles. The molecule has 0 N–H and O–H groups in total. The Kier molecular flexibility index (Phi) is 1.76. The van der Waals surface area contributed by atoms with E-state index in [1.807, 2.05) is 26.1 Å². The summed E-state index contributed by atoms with van der Waals surface area (Å²) >= 11 is 4.21. The van der Waals surface area contributed by atoms with Crippen LogP contribution in [0.5, 0.6) is 0 Å². The number of hydrogen-bond acceptors (Lipinski definition) is 2. The molecular formula is C7H9NS. The van der Waals surface area contributed by atoms with Crippen LogP contribution >= 0.6 is 12.6 Å². The molecule has 0 saturated heterocycles. The molecule has 0 atom stereocenters. The van der Waals surface area contributed by atoms with Crippen molar-refractivity contribution in [1.29, 1.82) is 0 Å². The second kappa shape index (κ2) is 2.40. The SMILES string of the molecule is Cc1cnc(C)c(S)c1. The lowest BCUT2D eigenvalue weighted by molar-refractivity contribution is 1.09. The highest BCUT2D eigenvalue weighted by molar-refractivity contribution is 7.80. The van der Waals surface area contributed by atoms with Gasteiger partial charge in [-0.1, -0.05) is 0 Å². The van der Waals surface area contributed by atoms with Crippen molar-refractivity contribution in [1.82, 2.24) is 4.98 Å². The molecule has 1 rings (SSSR count). The fraction of sp³-hybridized carbons (Fsp3) is 0.286. The van der Waals surface area contributed by atoms with E-state index in [4.69, 9.17) is 0 Å². The summed E-state index contributed by atoms with van der Waals surface area (Å²) in [5.74, 6) is 0. The van der Waals surface area contributed by atoms with Crippen LogP contribution in [0.25, 0.3) is 0 Å². The largest absolute Gasteiger partial charge is 0.260 e. The summed E-state index contributed by atoms with van der Waals surface area (Å²) in [5, 5.41) is 0. The lowest BCUT2D eigenvalue weighted by atomic mass is 10.3. The van der Waals surface area contributed by atoms with Crippen LogP contribution in [0.4, 0.5) is 0 Å². The van der Waals surface area contributed by atoms with E-state index in [1.54, 1.807) is 0 Å². The van der Waals surface area contributed by atoms with Gasteiger partial charge in [0.1, 0.15) is 0 Å². The van der Waals surface area contributed by atoms with E-state index in [0.29, 0.717) is 0 Å². The summed E-state index contributed by atoms with van der Waals surface area (Å²) in [6.45, 7) is 3.95. The predicted octanol–water partition coefficient (Wildman–Crippen LogP) is 1.99. The van der Waals surface area contributed by atoms with Crippen LogP contribution in [0.15, 0.2) is 17.2 Å². The Hall–Kier alpha value is -0.500. The van der Waals surface area contributed by atoms with Crippen LogP contribution in [-0.4, -0.2) is 4.98 Å². The van der Waals surface area contributed by atoms with E-state index in [9.17, 15) is 0 Å². The maximum atomic E-state index is 4.21. The minimum Gasteiger partial charge on any atom is -0.260 e. The fourth-order valence-electron chi connectivity index (χ4n) is 0.622. The molecule has 0 radical (unpaired) electrons. The highest BCUT2D eigenvalue weighted by atomic mass is 32.1. The minimum atomic E-state index is 0.968. The standard InChI is InChI=1S/C7H9NS/c1-5-3-7(9)6(2)8-4-5/h3-4,9H,1-2H3. The van der Waals surface area contributed by atoms with Gasteiger partial charge in [0.2, 0.25) is 0 Å². The first-order chi connectivity index (χ1) is 4.20. The third-order valence-corrected chi connectivity index (χ3v) is 1.65. The molecule has 0 fully saturated rings. The van der Waals surface area contributed by atoms with E-state index in [-0.39, 0.29) is 0 Å². The van der Waals surface area contributed by atoms with Crippen molar-refractivity contribution in [2.45, 2.75) is 18.7 Å². The van der Waals surface area contributed by atoms with E-state index < -0.39 is 0 Å². The number of nitrogens with zero attached hydrogens (tertiary/aromatic N) is 1. The number of hydrogen-bond donors (Lipinski definition) is 1. The highest BCUT2D eigenvalue weighted by Crippen LogP contribution is 2.10. The van der Waals surface area contributed by atoms with Gasteiger partial charge in [0, 0.05) is 11.1 Å². The third kappa shape index (κ3) is 1.45. The van der Waals surface area contributed by atoms with E-state index in [2.05, 4.69) is 17.6 Å². The molecule has 0 aliphatic carbocycles. The van der Waals surface area contributed by atoms with Crippen molar-refractivity contribution in [2.75, 3.05) is 0 Å². The van der Waals surface area contributed by atoms with Crippen LogP contribution < -0.4 is 0 Å². The van der Waals surface area contributed by atoms with Gasteiger partial charge in [-0.15, -0.1) is 12.6 Å². The molecule has 0 bridgehead atoms. The summed E-state index contributed by atoms with van der Waals surface area (Å²) in [4.78, 5) is 5.07. The Balaban J connectivity index is 3.17. The first-order valence-electron chi connectivity index (χ1n) is 2.82. The van der Waals surface area contributed by atoms with Crippen molar-refractivity contribution >= 4 is 12.6 Å². The first kappa shape index (κ1) is 6.62. The van der Waals surface area contributed by atoms with Gasteiger partial charge < -0.3 is 0 Å². The zero-order chi connectivity index (χ0) is 6.85. The van der Waals surface area contributed by atoms with Crippen LogP contribution in [0.1, 0.15) is 11.3 Å². The second-order valence-electron chi connectivity index (χ2n) is 2.12. The van der Waals surface area contributed by atoms with Crippen molar-refractivity contribution < 1.29 is 0 Å². The van der Waals surface area contributed by atoms with E-state index in [0.717, 1.165) is 16.2 Å². The van der Waals surface area contributed by atoms with Gasteiger partial charge in [0.15, 0.2) is 0 Å². The number of thiol groups is 1. The van der Waals surface area contributed by atoms with Gasteiger partial charge in [-0.3, -0.25) is 4.98 Å². The predicted molar refractivity (Wildman–Crippen MR) is 41.0 cm³/mol. The molecule has 0 aliphatic heterocycles. The average Bonchev–Trinajstić information content (AvgIpc) is 1.80. The van der Waals surface area contributed by atoms with Crippen molar-refractivity contribution in [3.8, 4) is 0 Å². The summed E-state index contributed by atoms with van der Waals surface area (Å²) < 4.78 is 0. The van der Waals surface area contributed by atoms with Gasteiger partial charge in [-0.25, -0.2) is 0 Å². The lowest BCUT2D eigenvalue weighted by Crippen LogP contribution is -1.83. The van der Waals surface area contributed by atoms with Gasteiger partial charge >= 0.3 is 0 Å². The van der Waals surface area contributed by atoms with Crippen LogP contribution in [0, 0.1) is 13.8 Å². The topological polar surface area (TPSA) is 12.9 Å². The maximum Gasteiger partial charge on any atom is 0.0505 e. The molecule has 48 valence electrons.